The number of aromatic amines is 1. The summed E-state index contributed by atoms with van der Waals surface area (Å²) in [6.45, 7) is 1.90. The quantitative estimate of drug-likeness (QED) is 0.175. The zero-order valence-corrected chi connectivity index (χ0v) is 27.6. The van der Waals surface area contributed by atoms with Crippen LogP contribution in [-0.4, -0.2) is 65.8 Å². The molecule has 4 aromatic rings. The minimum atomic E-state index is -2.01. The van der Waals surface area contributed by atoms with Crippen LogP contribution in [-0.2, 0) is 16.0 Å². The van der Waals surface area contributed by atoms with Crippen LogP contribution in [0.4, 0.5) is 0 Å². The Hall–Kier alpha value is -5.36. The van der Waals surface area contributed by atoms with Crippen molar-refractivity contribution in [1.82, 2.24) is 10.3 Å². The van der Waals surface area contributed by atoms with E-state index < -0.39 is 40.7 Å². The third-order valence-electron chi connectivity index (χ3n) is 9.52. The molecule has 7 rings (SSSR count). The summed E-state index contributed by atoms with van der Waals surface area (Å²) in [7, 11) is 2.79. The number of aromatic hydroxyl groups is 1. The number of aliphatic hydroxyl groups excluding tert-OH is 1. The average molecular weight is 689 g/mol. The van der Waals surface area contributed by atoms with Gasteiger partial charge in [0, 0.05) is 60.0 Å². The summed E-state index contributed by atoms with van der Waals surface area (Å²) in [5, 5.41) is 25.8. The van der Waals surface area contributed by atoms with E-state index in [0.29, 0.717) is 23.5 Å². The molecule has 0 radical (unpaired) electrons. The Kier molecular flexibility index (Phi) is 8.06. The van der Waals surface area contributed by atoms with Gasteiger partial charge in [0.2, 0.25) is 24.1 Å². The largest absolute Gasteiger partial charge is 0.508 e. The summed E-state index contributed by atoms with van der Waals surface area (Å²) in [6.07, 6.45) is 1.88. The van der Waals surface area contributed by atoms with E-state index in [-0.39, 0.29) is 65.3 Å². The molecule has 0 fully saturated rings. The van der Waals surface area contributed by atoms with Crippen LogP contribution in [0.5, 0.6) is 34.5 Å². The lowest BCUT2D eigenvalue weighted by molar-refractivity contribution is -0.121. The number of allylic oxidation sites excluding steroid dienone is 1. The number of benzene rings is 3. The highest BCUT2D eigenvalue weighted by Gasteiger charge is 2.61. The number of Topliss-reactive ketones (excluding diaryl/α,β-unsaturated/α-hetero) is 2. The first-order valence-electron chi connectivity index (χ1n) is 15.7. The Bertz CT molecular complexity index is 2070. The number of methoxy groups -OCH3 is 2. The molecule has 3 aliphatic rings. The molecule has 0 saturated heterocycles. The molecular formula is C36H33ClN2O10. The minimum Gasteiger partial charge on any atom is -0.508 e. The van der Waals surface area contributed by atoms with Crippen LogP contribution < -0.4 is 29.0 Å². The maximum atomic E-state index is 14.3. The fourth-order valence-corrected chi connectivity index (χ4v) is 7.29. The number of amides is 1. The van der Waals surface area contributed by atoms with Crippen molar-refractivity contribution in [1.29, 1.82) is 0 Å². The summed E-state index contributed by atoms with van der Waals surface area (Å²) in [5.41, 5.74) is 0.129. The second-order valence-corrected chi connectivity index (χ2v) is 12.6. The Morgan fingerprint density at radius 1 is 1.08 bits per heavy atom. The highest BCUT2D eigenvalue weighted by Crippen LogP contribution is 2.56. The number of phenolic OH excluding ortho intramolecular Hbond substituents is 1. The number of phenols is 1. The number of nitrogens with one attached hydrogen (secondary N) is 2. The van der Waals surface area contributed by atoms with Crippen molar-refractivity contribution in [3.05, 3.63) is 81.7 Å². The van der Waals surface area contributed by atoms with E-state index in [1.54, 1.807) is 43.3 Å². The van der Waals surface area contributed by atoms with Crippen molar-refractivity contribution in [2.75, 3.05) is 27.6 Å². The molecule has 3 atom stereocenters. The number of fused-ring (bicyclic) bond motifs is 3. The zero-order valence-electron chi connectivity index (χ0n) is 26.8. The van der Waals surface area contributed by atoms with Gasteiger partial charge >= 0.3 is 0 Å². The van der Waals surface area contributed by atoms with Crippen LogP contribution in [0.3, 0.4) is 0 Å². The van der Waals surface area contributed by atoms with Crippen molar-refractivity contribution >= 4 is 40.0 Å². The number of ether oxygens (including phenoxy) is 5. The first kappa shape index (κ1) is 32.2. The molecule has 1 aliphatic carbocycles. The zero-order chi connectivity index (χ0) is 34.6. The Morgan fingerprint density at radius 3 is 2.63 bits per heavy atom. The number of hydrogen-bond donors (Lipinski definition) is 4. The number of ketones is 2. The van der Waals surface area contributed by atoms with Crippen LogP contribution in [0.15, 0.2) is 60.0 Å². The number of carbonyl (C=O) groups excluding carboxylic acids is 3. The van der Waals surface area contributed by atoms with E-state index >= 15 is 0 Å². The number of aliphatic hydroxyl groups is 1. The van der Waals surface area contributed by atoms with E-state index in [4.69, 9.17) is 35.3 Å². The molecule has 3 heterocycles. The molecule has 1 spiro atoms. The van der Waals surface area contributed by atoms with Gasteiger partial charge in [-0.25, -0.2) is 0 Å². The first-order chi connectivity index (χ1) is 23.6. The highest BCUT2D eigenvalue weighted by atomic mass is 35.5. The fourth-order valence-electron chi connectivity index (χ4n) is 7.02. The predicted molar refractivity (Wildman–Crippen MR) is 177 cm³/mol. The third kappa shape index (κ3) is 5.18. The van der Waals surface area contributed by atoms with E-state index in [9.17, 15) is 24.6 Å². The molecular weight excluding hydrogens is 656 g/mol. The molecule has 0 bridgehead atoms. The van der Waals surface area contributed by atoms with Gasteiger partial charge in [-0.3, -0.25) is 14.4 Å². The first-order valence-corrected chi connectivity index (χ1v) is 16.0. The molecule has 254 valence electrons. The summed E-state index contributed by atoms with van der Waals surface area (Å²) < 4.78 is 28.2. The number of H-pyrrole nitrogens is 1. The molecule has 1 aromatic heterocycles. The van der Waals surface area contributed by atoms with E-state index in [0.717, 1.165) is 16.5 Å². The van der Waals surface area contributed by atoms with Gasteiger partial charge in [-0.1, -0.05) is 24.6 Å². The van der Waals surface area contributed by atoms with Crippen molar-refractivity contribution < 1.29 is 48.3 Å². The van der Waals surface area contributed by atoms with Crippen molar-refractivity contribution in [2.45, 2.75) is 37.7 Å². The summed E-state index contributed by atoms with van der Waals surface area (Å²) in [6, 6.07) is 11.5. The summed E-state index contributed by atoms with van der Waals surface area (Å²) in [5.74, 6) is -2.51. The highest BCUT2D eigenvalue weighted by molar-refractivity contribution is 6.35. The summed E-state index contributed by atoms with van der Waals surface area (Å²) in [4.78, 5) is 45.0. The van der Waals surface area contributed by atoms with Gasteiger partial charge in [-0.2, -0.15) is 0 Å². The van der Waals surface area contributed by atoms with Crippen LogP contribution in [0, 0.1) is 5.92 Å². The lowest BCUT2D eigenvalue weighted by atomic mass is 9.69. The van der Waals surface area contributed by atoms with Crippen LogP contribution in [0.25, 0.3) is 10.9 Å². The second-order valence-electron chi connectivity index (χ2n) is 12.3. The maximum Gasteiger partial charge on any atom is 0.231 e. The maximum absolute atomic E-state index is 14.3. The van der Waals surface area contributed by atoms with Crippen molar-refractivity contribution in [3.63, 3.8) is 0 Å². The van der Waals surface area contributed by atoms with Crippen LogP contribution in [0.1, 0.15) is 47.2 Å². The van der Waals surface area contributed by atoms with Crippen LogP contribution in [0.2, 0.25) is 5.02 Å². The van der Waals surface area contributed by atoms with Crippen molar-refractivity contribution in [3.8, 4) is 34.5 Å². The van der Waals surface area contributed by atoms with Gasteiger partial charge in [0.15, 0.2) is 28.8 Å². The van der Waals surface area contributed by atoms with Gasteiger partial charge in [0.05, 0.1) is 14.2 Å². The van der Waals surface area contributed by atoms with Gasteiger partial charge in [0.25, 0.3) is 0 Å². The molecule has 3 aromatic carbocycles. The van der Waals surface area contributed by atoms with Crippen molar-refractivity contribution in [2.24, 2.45) is 5.92 Å². The Morgan fingerprint density at radius 2 is 1.86 bits per heavy atom. The lowest BCUT2D eigenvalue weighted by Crippen LogP contribution is -2.53. The molecule has 4 N–H and O–H groups in total. The van der Waals surface area contributed by atoms with E-state index in [1.807, 2.05) is 6.20 Å². The molecule has 1 amide bonds. The van der Waals surface area contributed by atoms with Gasteiger partial charge in [-0.15, -0.1) is 0 Å². The fraction of sp³-hybridized carbons (Fsp3) is 0.306. The number of hydrogen-bond acceptors (Lipinski definition) is 10. The minimum absolute atomic E-state index is 0.00963. The molecule has 12 nitrogen and oxygen atoms in total. The summed E-state index contributed by atoms with van der Waals surface area (Å²) >= 11 is 6.60. The predicted octanol–water partition coefficient (Wildman–Crippen LogP) is 5.54. The number of carbonyl (C=O) groups is 3. The third-order valence-corrected chi connectivity index (χ3v) is 9.87. The molecule has 13 heteroatoms. The number of halogens is 1. The molecule has 2 aliphatic heterocycles. The van der Waals surface area contributed by atoms with Gasteiger partial charge in [-0.05, 0) is 47.9 Å². The van der Waals surface area contributed by atoms with E-state index in [1.165, 1.54) is 20.3 Å². The van der Waals surface area contributed by atoms with Gasteiger partial charge < -0.3 is 44.2 Å². The van der Waals surface area contributed by atoms with E-state index in [2.05, 4.69) is 10.3 Å². The molecule has 3 unspecified atom stereocenters. The normalized spacial score (nSPS) is 20.0. The molecule has 0 saturated carbocycles. The smallest absolute Gasteiger partial charge is 0.231 e. The SMILES string of the molecule is COc1cc(OC)c2c(c1Cl)OC1(C2=O)C(O)=C(C(CC(=O)NCCc2c[nH]c3ccc(O)cc23)c2ccc3c(c2)OCO3)C(=O)CC1C. The Labute approximate surface area is 285 Å². The topological polar surface area (TPSA) is 166 Å². The number of aromatic nitrogens is 1. The second kappa shape index (κ2) is 12.3. The lowest BCUT2D eigenvalue weighted by Gasteiger charge is -2.38. The van der Waals surface area contributed by atoms with Gasteiger partial charge in [0.1, 0.15) is 27.8 Å². The average Bonchev–Trinajstić information content (AvgIpc) is 3.80. The standard InChI is InChI=1S/C36H33ClN2O10/c1-17-10-24(41)30(34(43)36(17)35(44)31-27(45-2)14-28(46-3)32(37)33(31)49-36)22(18-4-7-25-26(11-18)48-16-47-25)13-29(42)38-9-8-19-15-39-23-6-5-20(40)12-21(19)23/h4-7,11-12,14-15,17,22,39-40,43H,8-10,13,16H2,1-3H3,(H,38,42). The van der Waals surface area contributed by atoms with Crippen LogP contribution >= 0.6 is 11.6 Å². The Balaban J connectivity index is 1.25. The molecule has 49 heavy (non-hydrogen) atoms. The number of rotatable bonds is 9. The monoisotopic (exact) mass is 688 g/mol.